The maximum absolute atomic E-state index is 11.2. The van der Waals surface area contributed by atoms with Gasteiger partial charge in [-0.15, -0.1) is 0 Å². The quantitative estimate of drug-likeness (QED) is 0.690. The van der Waals surface area contributed by atoms with E-state index in [0.29, 0.717) is 24.5 Å². The van der Waals surface area contributed by atoms with Crippen molar-refractivity contribution in [1.82, 2.24) is 4.98 Å². The highest BCUT2D eigenvalue weighted by Gasteiger charge is 2.11. The highest BCUT2D eigenvalue weighted by molar-refractivity contribution is 7.84. The van der Waals surface area contributed by atoms with E-state index >= 15 is 0 Å². The number of nitrogens with zero attached hydrogens (tertiary/aromatic N) is 1. The van der Waals surface area contributed by atoms with Gasteiger partial charge in [-0.25, -0.2) is 4.98 Å². The van der Waals surface area contributed by atoms with Crippen LogP contribution in [-0.2, 0) is 10.8 Å². The van der Waals surface area contributed by atoms with E-state index < -0.39 is 16.7 Å². The van der Waals surface area contributed by atoms with Gasteiger partial charge >= 0.3 is 0 Å². The second-order valence-corrected chi connectivity index (χ2v) is 5.86. The molecule has 7 heteroatoms. The molecule has 1 aromatic heterocycles. The maximum atomic E-state index is 11.2. The summed E-state index contributed by atoms with van der Waals surface area (Å²) in [5.74, 6) is -0.171. The van der Waals surface area contributed by atoms with Crippen molar-refractivity contribution in [3.63, 3.8) is 0 Å². The molecular formula is C11H18N4O2S. The van der Waals surface area contributed by atoms with Gasteiger partial charge in [0.05, 0.1) is 17.4 Å². The number of pyridine rings is 1. The molecular weight excluding hydrogens is 252 g/mol. The molecule has 0 fully saturated rings. The first-order valence-corrected chi connectivity index (χ1v) is 7.15. The van der Waals surface area contributed by atoms with Crippen LogP contribution in [0, 0.1) is 0 Å². The first-order valence-electron chi connectivity index (χ1n) is 5.53. The molecule has 0 saturated carbocycles. The highest BCUT2D eigenvalue weighted by atomic mass is 32.2. The molecule has 0 aliphatic carbocycles. The van der Waals surface area contributed by atoms with Gasteiger partial charge in [0.2, 0.25) is 0 Å². The first-order chi connectivity index (χ1) is 8.41. The number of hydrogen-bond donors (Lipinski definition) is 3. The third-order valence-corrected chi connectivity index (χ3v) is 3.95. The van der Waals surface area contributed by atoms with Gasteiger partial charge in [0.25, 0.3) is 5.91 Å². The van der Waals surface area contributed by atoms with Crippen LogP contribution in [0.25, 0.3) is 0 Å². The van der Waals surface area contributed by atoms with Gasteiger partial charge < -0.3 is 16.8 Å². The minimum Gasteiger partial charge on any atom is -0.397 e. The smallest absolute Gasteiger partial charge is 0.252 e. The maximum Gasteiger partial charge on any atom is 0.252 e. The second kappa shape index (κ2) is 6.34. The van der Waals surface area contributed by atoms with Crippen molar-refractivity contribution in [3.8, 4) is 0 Å². The van der Waals surface area contributed by atoms with Crippen molar-refractivity contribution in [1.29, 1.82) is 0 Å². The molecule has 6 nitrogen and oxygen atoms in total. The van der Waals surface area contributed by atoms with E-state index in [1.54, 1.807) is 6.26 Å². The molecule has 1 heterocycles. The molecule has 1 aromatic rings. The Bertz CT molecular complexity index is 464. The first kappa shape index (κ1) is 14.4. The Morgan fingerprint density at radius 3 is 2.83 bits per heavy atom. The predicted molar refractivity (Wildman–Crippen MR) is 73.8 cm³/mol. The molecule has 0 radical (unpaired) electrons. The Labute approximate surface area is 109 Å². The van der Waals surface area contributed by atoms with Gasteiger partial charge in [0.1, 0.15) is 5.82 Å². The van der Waals surface area contributed by atoms with Crippen molar-refractivity contribution in [2.45, 2.75) is 18.6 Å². The van der Waals surface area contributed by atoms with Gasteiger partial charge in [-0.05, 0) is 12.5 Å². The third-order valence-electron chi connectivity index (χ3n) is 2.58. The zero-order chi connectivity index (χ0) is 13.7. The van der Waals surface area contributed by atoms with Crippen LogP contribution in [0.15, 0.2) is 12.3 Å². The zero-order valence-corrected chi connectivity index (χ0v) is 11.3. The number of aromatic nitrogens is 1. The fraction of sp³-hybridized carbons (Fsp3) is 0.455. The van der Waals surface area contributed by atoms with Gasteiger partial charge in [-0.3, -0.25) is 9.00 Å². The third kappa shape index (κ3) is 3.99. The van der Waals surface area contributed by atoms with Crippen molar-refractivity contribution >= 4 is 28.2 Å². The van der Waals surface area contributed by atoms with Gasteiger partial charge in [-0.1, -0.05) is 6.92 Å². The number of amides is 1. The lowest BCUT2D eigenvalue weighted by molar-refractivity contribution is 0.100. The lowest BCUT2D eigenvalue weighted by Crippen LogP contribution is -2.19. The van der Waals surface area contributed by atoms with Crippen LogP contribution in [0.3, 0.4) is 0 Å². The second-order valence-electron chi connectivity index (χ2n) is 4.05. The van der Waals surface area contributed by atoms with E-state index in [1.807, 2.05) is 6.92 Å². The lowest BCUT2D eigenvalue weighted by atomic mass is 10.2. The summed E-state index contributed by atoms with van der Waals surface area (Å²) in [6.45, 7) is 2.47. The molecule has 100 valence electrons. The number of carbonyl (C=O) groups is 1. The molecule has 1 rings (SSSR count). The Morgan fingerprint density at radius 2 is 2.28 bits per heavy atom. The number of nitrogens with one attached hydrogen (secondary N) is 1. The van der Waals surface area contributed by atoms with Crippen LogP contribution in [0.1, 0.15) is 23.7 Å². The van der Waals surface area contributed by atoms with Crippen molar-refractivity contribution in [3.05, 3.63) is 17.8 Å². The number of nitrogens with two attached hydrogens (primary N) is 2. The molecule has 0 aliphatic heterocycles. The molecule has 2 unspecified atom stereocenters. The Balaban J connectivity index is 2.67. The normalized spacial score (nSPS) is 13.9. The zero-order valence-electron chi connectivity index (χ0n) is 10.5. The van der Waals surface area contributed by atoms with Crippen LogP contribution >= 0.6 is 0 Å². The van der Waals surface area contributed by atoms with Gasteiger partial charge in [0, 0.05) is 28.9 Å². The van der Waals surface area contributed by atoms with Crippen LogP contribution in [-0.4, -0.2) is 33.2 Å². The molecule has 0 aliphatic rings. The van der Waals surface area contributed by atoms with Crippen molar-refractivity contribution < 1.29 is 9.00 Å². The minimum absolute atomic E-state index is 0.0864. The average Bonchev–Trinajstić information content (AvgIpc) is 2.30. The van der Waals surface area contributed by atoms with Crippen molar-refractivity contribution in [2.75, 3.05) is 23.9 Å². The number of nitrogen functional groups attached to an aromatic ring is 1. The standard InChI is InChI=1S/C11H18N4O2S/c1-7(18(2)17)3-4-14-11-9(10(13)16)5-8(12)6-15-11/h5-7H,3-4,12H2,1-2H3,(H2,13,16)(H,14,15). The van der Waals surface area contributed by atoms with E-state index in [2.05, 4.69) is 10.3 Å². The summed E-state index contributed by atoms with van der Waals surface area (Å²) in [5, 5.41) is 3.09. The van der Waals surface area contributed by atoms with Crippen LogP contribution in [0.4, 0.5) is 11.5 Å². The summed E-state index contributed by atoms with van der Waals surface area (Å²) in [4.78, 5) is 15.2. The van der Waals surface area contributed by atoms with E-state index in [1.165, 1.54) is 12.3 Å². The summed E-state index contributed by atoms with van der Waals surface area (Å²) < 4.78 is 11.2. The SMILES string of the molecule is CC(CCNc1ncc(N)cc1C(N)=O)S(C)=O. The molecule has 0 bridgehead atoms. The highest BCUT2D eigenvalue weighted by Crippen LogP contribution is 2.15. The summed E-state index contributed by atoms with van der Waals surface area (Å²) in [6, 6.07) is 1.49. The summed E-state index contributed by atoms with van der Waals surface area (Å²) in [5.41, 5.74) is 11.4. The van der Waals surface area contributed by atoms with Crippen LogP contribution < -0.4 is 16.8 Å². The Hall–Kier alpha value is -1.63. The molecule has 5 N–H and O–H groups in total. The minimum atomic E-state index is -0.858. The van der Waals surface area contributed by atoms with E-state index in [4.69, 9.17) is 11.5 Å². The van der Waals surface area contributed by atoms with E-state index in [9.17, 15) is 9.00 Å². The molecule has 0 saturated heterocycles. The number of rotatable bonds is 6. The Kier molecular flexibility index (Phi) is 5.08. The van der Waals surface area contributed by atoms with Crippen LogP contribution in [0.2, 0.25) is 0 Å². The summed E-state index contributed by atoms with van der Waals surface area (Å²) >= 11 is 0. The number of carbonyl (C=O) groups excluding carboxylic acids is 1. The Morgan fingerprint density at radius 1 is 1.61 bits per heavy atom. The molecule has 2 atom stereocenters. The topological polar surface area (TPSA) is 111 Å². The largest absolute Gasteiger partial charge is 0.397 e. The van der Waals surface area contributed by atoms with Crippen molar-refractivity contribution in [2.24, 2.45) is 5.73 Å². The molecule has 18 heavy (non-hydrogen) atoms. The predicted octanol–water partition coefficient (Wildman–Crippen LogP) is 0.332. The number of hydrogen-bond acceptors (Lipinski definition) is 5. The number of anilines is 2. The number of primary amides is 1. The fourth-order valence-corrected chi connectivity index (χ4v) is 1.82. The van der Waals surface area contributed by atoms with Gasteiger partial charge in [-0.2, -0.15) is 0 Å². The summed E-state index contributed by atoms with van der Waals surface area (Å²) in [6.07, 6.45) is 3.84. The van der Waals surface area contributed by atoms with Crippen LogP contribution in [0.5, 0.6) is 0 Å². The van der Waals surface area contributed by atoms with E-state index in [-0.39, 0.29) is 10.8 Å². The van der Waals surface area contributed by atoms with E-state index in [0.717, 1.165) is 0 Å². The summed E-state index contributed by atoms with van der Waals surface area (Å²) in [7, 11) is -0.858. The molecule has 0 spiro atoms. The fourth-order valence-electron chi connectivity index (χ4n) is 1.37. The lowest BCUT2D eigenvalue weighted by Gasteiger charge is -2.11. The molecule has 0 aromatic carbocycles. The monoisotopic (exact) mass is 270 g/mol. The van der Waals surface area contributed by atoms with Gasteiger partial charge in [0.15, 0.2) is 0 Å². The average molecular weight is 270 g/mol. The molecule has 1 amide bonds.